The van der Waals surface area contributed by atoms with Gasteiger partial charge in [0.05, 0.1) is 5.57 Å². The number of nitrogens with zero attached hydrogens (tertiary/aromatic N) is 2. The summed E-state index contributed by atoms with van der Waals surface area (Å²) in [6.45, 7) is 9.12. The van der Waals surface area contributed by atoms with Crippen molar-refractivity contribution in [2.75, 3.05) is 26.2 Å². The number of hydrogen-bond donors (Lipinski definition) is 1. The molecule has 3 rings (SSSR count). The minimum atomic E-state index is -0.722. The van der Waals surface area contributed by atoms with E-state index < -0.39 is 17.7 Å². The van der Waals surface area contributed by atoms with E-state index in [9.17, 15) is 14.7 Å². The molecule has 1 atom stereocenters. The van der Waals surface area contributed by atoms with Gasteiger partial charge in [-0.1, -0.05) is 44.2 Å². The number of hydrogen-bond acceptors (Lipinski definition) is 5. The van der Waals surface area contributed by atoms with Crippen molar-refractivity contribution in [2.24, 2.45) is 0 Å². The average Bonchev–Trinajstić information content (AvgIpc) is 3.27. The molecule has 154 valence electrons. The van der Waals surface area contributed by atoms with Gasteiger partial charge in [-0.2, -0.15) is 0 Å². The number of aryl methyl sites for hydroxylation is 1. The van der Waals surface area contributed by atoms with Crippen molar-refractivity contribution in [1.82, 2.24) is 9.80 Å². The zero-order chi connectivity index (χ0) is 21.0. The van der Waals surface area contributed by atoms with Gasteiger partial charge in [-0.05, 0) is 45.1 Å². The van der Waals surface area contributed by atoms with Crippen LogP contribution in [0.15, 0.2) is 52.5 Å². The summed E-state index contributed by atoms with van der Waals surface area (Å²) in [7, 11) is 0. The van der Waals surface area contributed by atoms with Crippen LogP contribution in [0, 0.1) is 6.92 Å². The van der Waals surface area contributed by atoms with Crippen LogP contribution in [0.25, 0.3) is 5.76 Å². The number of Topliss-reactive ketones (excluding diaryl/α,β-unsaturated/α-hetero) is 1. The maximum Gasteiger partial charge on any atom is 0.295 e. The third kappa shape index (κ3) is 4.27. The lowest BCUT2D eigenvalue weighted by atomic mass is 9.99. The topological polar surface area (TPSA) is 74.0 Å². The zero-order valence-electron chi connectivity index (χ0n) is 17.2. The van der Waals surface area contributed by atoms with E-state index in [2.05, 4.69) is 18.7 Å². The quantitative estimate of drug-likeness (QED) is 0.418. The highest BCUT2D eigenvalue weighted by atomic mass is 16.3. The summed E-state index contributed by atoms with van der Waals surface area (Å²) in [5.74, 6) is -0.265. The molecule has 1 aromatic carbocycles. The van der Waals surface area contributed by atoms with Gasteiger partial charge in [-0.25, -0.2) is 0 Å². The lowest BCUT2D eigenvalue weighted by Gasteiger charge is -2.25. The molecule has 6 nitrogen and oxygen atoms in total. The number of carbonyl (C=O) groups is 2. The highest BCUT2D eigenvalue weighted by Crippen LogP contribution is 2.40. The number of aliphatic hydroxyl groups excluding tert-OH is 1. The lowest BCUT2D eigenvalue weighted by Crippen LogP contribution is -2.33. The summed E-state index contributed by atoms with van der Waals surface area (Å²) in [6.07, 6.45) is 0.732. The molecule has 2 heterocycles. The first-order valence-electron chi connectivity index (χ1n) is 10.1. The van der Waals surface area contributed by atoms with Gasteiger partial charge in [-0.3, -0.25) is 9.59 Å². The fourth-order valence-corrected chi connectivity index (χ4v) is 3.76. The molecule has 0 spiro atoms. The second kappa shape index (κ2) is 9.09. The van der Waals surface area contributed by atoms with Crippen molar-refractivity contribution in [3.8, 4) is 0 Å². The monoisotopic (exact) mass is 396 g/mol. The maximum atomic E-state index is 12.9. The Morgan fingerprint density at radius 3 is 2.38 bits per heavy atom. The van der Waals surface area contributed by atoms with E-state index in [-0.39, 0.29) is 11.3 Å². The molecule has 1 aliphatic heterocycles. The van der Waals surface area contributed by atoms with E-state index in [0.29, 0.717) is 23.6 Å². The predicted octanol–water partition coefficient (Wildman–Crippen LogP) is 3.74. The van der Waals surface area contributed by atoms with Crippen LogP contribution in [0.5, 0.6) is 0 Å². The van der Waals surface area contributed by atoms with Crippen molar-refractivity contribution in [2.45, 2.75) is 33.2 Å². The molecule has 0 aliphatic carbocycles. The Hall–Kier alpha value is -2.86. The van der Waals surface area contributed by atoms with Crippen molar-refractivity contribution in [3.05, 3.63) is 65.1 Å². The Balaban J connectivity index is 1.97. The molecular formula is C23H28N2O4. The fraction of sp³-hybridized carbons (Fsp3) is 0.391. The first-order chi connectivity index (χ1) is 14.0. The van der Waals surface area contributed by atoms with Gasteiger partial charge in [0.2, 0.25) is 0 Å². The third-order valence-corrected chi connectivity index (χ3v) is 5.39. The molecule has 0 saturated carbocycles. The van der Waals surface area contributed by atoms with Gasteiger partial charge < -0.3 is 19.3 Å². The average molecular weight is 396 g/mol. The van der Waals surface area contributed by atoms with Crippen LogP contribution in [0.1, 0.15) is 43.4 Å². The number of furan rings is 1. The van der Waals surface area contributed by atoms with Crippen molar-refractivity contribution >= 4 is 17.4 Å². The number of rotatable bonds is 8. The minimum absolute atomic E-state index is 0.0818. The highest BCUT2D eigenvalue weighted by Gasteiger charge is 2.47. The molecule has 1 N–H and O–H groups in total. The summed E-state index contributed by atoms with van der Waals surface area (Å²) in [6, 6.07) is 11.7. The molecule has 2 aromatic rings. The van der Waals surface area contributed by atoms with Crippen LogP contribution in [0.3, 0.4) is 0 Å². The van der Waals surface area contributed by atoms with Crippen molar-refractivity contribution in [3.63, 3.8) is 0 Å². The van der Waals surface area contributed by atoms with Crippen molar-refractivity contribution < 1.29 is 19.1 Å². The minimum Gasteiger partial charge on any atom is -0.507 e. The van der Waals surface area contributed by atoms with Crippen LogP contribution >= 0.6 is 0 Å². The summed E-state index contributed by atoms with van der Waals surface area (Å²) in [5.41, 5.74) is 0.584. The largest absolute Gasteiger partial charge is 0.507 e. The van der Waals surface area contributed by atoms with Gasteiger partial charge in [-0.15, -0.1) is 0 Å². The molecule has 1 unspecified atom stereocenters. The second-order valence-corrected chi connectivity index (χ2v) is 7.19. The summed E-state index contributed by atoms with van der Waals surface area (Å²) in [5, 5.41) is 10.9. The fourth-order valence-electron chi connectivity index (χ4n) is 3.76. The van der Waals surface area contributed by atoms with Crippen LogP contribution in [-0.4, -0.2) is 52.8 Å². The molecule has 6 heteroatoms. The first-order valence-corrected chi connectivity index (χ1v) is 10.1. The maximum absolute atomic E-state index is 12.9. The zero-order valence-corrected chi connectivity index (χ0v) is 17.2. The Morgan fingerprint density at radius 2 is 1.79 bits per heavy atom. The molecule has 0 radical (unpaired) electrons. The third-order valence-electron chi connectivity index (χ3n) is 5.39. The van der Waals surface area contributed by atoms with E-state index in [1.165, 1.54) is 4.90 Å². The van der Waals surface area contributed by atoms with Gasteiger partial charge in [0, 0.05) is 12.1 Å². The van der Waals surface area contributed by atoms with Gasteiger partial charge in [0.1, 0.15) is 23.3 Å². The van der Waals surface area contributed by atoms with Gasteiger partial charge in [0.25, 0.3) is 11.7 Å². The van der Waals surface area contributed by atoms with E-state index in [1.54, 1.807) is 36.4 Å². The van der Waals surface area contributed by atoms with Crippen LogP contribution in [0.2, 0.25) is 0 Å². The van der Waals surface area contributed by atoms with Gasteiger partial charge in [0.15, 0.2) is 0 Å². The normalized spacial score (nSPS) is 18.8. The Morgan fingerprint density at radius 1 is 1.10 bits per heavy atom. The first kappa shape index (κ1) is 20.9. The molecule has 1 aliphatic rings. The lowest BCUT2D eigenvalue weighted by molar-refractivity contribution is -0.140. The molecule has 1 amide bonds. The van der Waals surface area contributed by atoms with Crippen molar-refractivity contribution in [1.29, 1.82) is 0 Å². The van der Waals surface area contributed by atoms with Crippen LogP contribution in [0.4, 0.5) is 0 Å². The van der Waals surface area contributed by atoms with E-state index in [0.717, 1.165) is 26.1 Å². The summed E-state index contributed by atoms with van der Waals surface area (Å²) < 4.78 is 5.78. The molecule has 29 heavy (non-hydrogen) atoms. The number of amides is 1. The molecule has 1 aromatic heterocycles. The van der Waals surface area contributed by atoms with E-state index in [4.69, 9.17) is 4.42 Å². The molecule has 1 fully saturated rings. The number of benzene rings is 1. The summed E-state index contributed by atoms with van der Waals surface area (Å²) >= 11 is 0. The molecule has 0 bridgehead atoms. The van der Waals surface area contributed by atoms with Crippen LogP contribution < -0.4 is 0 Å². The number of ketones is 1. The van der Waals surface area contributed by atoms with Crippen LogP contribution in [-0.2, 0) is 9.59 Å². The predicted molar refractivity (Wildman–Crippen MR) is 111 cm³/mol. The SMILES string of the molecule is CCN(CC)CCCN1C(=O)C(=O)/C(=C(\O)c2ccccc2)C1c1ccc(C)o1. The Bertz CT molecular complexity index is 897. The smallest absolute Gasteiger partial charge is 0.295 e. The Kier molecular flexibility index (Phi) is 6.54. The van der Waals surface area contributed by atoms with E-state index in [1.807, 2.05) is 13.0 Å². The molecule has 1 saturated heterocycles. The second-order valence-electron chi connectivity index (χ2n) is 7.19. The number of aliphatic hydroxyl groups is 1. The van der Waals surface area contributed by atoms with Gasteiger partial charge >= 0.3 is 0 Å². The number of carbonyl (C=O) groups excluding carboxylic acids is 2. The standard InChI is InChI=1S/C23H28N2O4/c1-4-24(5-2)14-9-15-25-20(18-13-12-16(3)29-18)19(22(27)23(25)28)21(26)17-10-7-6-8-11-17/h6-8,10-13,20,26H,4-5,9,14-15H2,1-3H3/b21-19-. The highest BCUT2D eigenvalue weighted by molar-refractivity contribution is 6.46. The van der Waals surface area contributed by atoms with E-state index >= 15 is 0 Å². The summed E-state index contributed by atoms with van der Waals surface area (Å²) in [4.78, 5) is 29.5. The molecular weight excluding hydrogens is 368 g/mol. The number of likely N-dealkylation sites (tertiary alicyclic amines) is 1. The Labute approximate surface area is 171 Å².